The average molecular weight is 521 g/mol. The van der Waals surface area contributed by atoms with Crippen molar-refractivity contribution in [3.05, 3.63) is 136 Å². The van der Waals surface area contributed by atoms with Gasteiger partial charge in [-0.25, -0.2) is 4.79 Å². The number of fused-ring (bicyclic) bond motifs is 1. The molecule has 0 aromatic heterocycles. The summed E-state index contributed by atoms with van der Waals surface area (Å²) in [7, 11) is 0. The third kappa shape index (κ3) is 5.54. The molecule has 38 heavy (non-hydrogen) atoms. The molecule has 2 N–H and O–H groups in total. The molecule has 4 aromatic rings. The van der Waals surface area contributed by atoms with Gasteiger partial charge >= 0.3 is 5.97 Å². The highest BCUT2D eigenvalue weighted by molar-refractivity contribution is 6.30. The number of ether oxygens (including phenoxy) is 3. The van der Waals surface area contributed by atoms with Crippen molar-refractivity contribution >= 4 is 23.6 Å². The number of hydrogen-bond donors (Lipinski definition) is 1. The molecule has 0 amide bonds. The van der Waals surface area contributed by atoms with Gasteiger partial charge in [-0.2, -0.15) is 5.26 Å². The van der Waals surface area contributed by atoms with E-state index < -0.39 is 11.9 Å². The zero-order chi connectivity index (χ0) is 26.5. The molecule has 186 valence electrons. The van der Waals surface area contributed by atoms with E-state index in [1.165, 1.54) is 6.08 Å². The smallest absolute Gasteiger partial charge is 0.336 e. The van der Waals surface area contributed by atoms with E-state index >= 15 is 0 Å². The summed E-state index contributed by atoms with van der Waals surface area (Å²) in [5.74, 6) is 0.942. The monoisotopic (exact) mass is 520 g/mol. The Balaban J connectivity index is 1.40. The highest BCUT2D eigenvalue weighted by atomic mass is 35.5. The Hall–Kier alpha value is -4.99. The summed E-state index contributed by atoms with van der Waals surface area (Å²) in [6.45, 7) is 0. The molecule has 1 aliphatic rings. The number of para-hydroxylation sites is 1. The molecular weight excluding hydrogens is 500 g/mol. The van der Waals surface area contributed by atoms with E-state index in [2.05, 4.69) is 6.07 Å². The van der Waals surface area contributed by atoms with Gasteiger partial charge < -0.3 is 19.9 Å². The predicted octanol–water partition coefficient (Wildman–Crippen LogP) is 6.97. The molecule has 1 aliphatic heterocycles. The van der Waals surface area contributed by atoms with Crippen molar-refractivity contribution < 1.29 is 19.0 Å². The highest BCUT2D eigenvalue weighted by Crippen LogP contribution is 2.44. The molecule has 0 saturated heterocycles. The lowest BCUT2D eigenvalue weighted by molar-refractivity contribution is -0.128. The van der Waals surface area contributed by atoms with Crippen molar-refractivity contribution in [1.29, 1.82) is 5.26 Å². The van der Waals surface area contributed by atoms with Crippen molar-refractivity contribution in [3.8, 4) is 29.1 Å². The zero-order valence-electron chi connectivity index (χ0n) is 20.0. The molecule has 4 aromatic carbocycles. The minimum Gasteiger partial charge on any atom is -0.457 e. The fraction of sp³-hybridized carbons (Fsp3) is 0.0323. The number of esters is 1. The van der Waals surface area contributed by atoms with Crippen LogP contribution in [0.4, 0.5) is 0 Å². The molecular formula is C31H21ClN2O4. The standard InChI is InChI=1S/C31H21ClN2O4/c32-22-12-9-20(10-13-22)11-16-29(35)37-25-14-15-26-28(18-25)38-31(34)27(19-33)30(26)21-5-4-8-24(17-21)36-23-6-2-1-3-7-23/h1-18,30H,34H2/b16-11+. The Labute approximate surface area is 224 Å². The van der Waals surface area contributed by atoms with Crippen molar-refractivity contribution in [2.45, 2.75) is 5.92 Å². The van der Waals surface area contributed by atoms with Gasteiger partial charge in [-0.3, -0.25) is 0 Å². The maximum atomic E-state index is 12.4. The predicted molar refractivity (Wildman–Crippen MR) is 145 cm³/mol. The summed E-state index contributed by atoms with van der Waals surface area (Å²) < 4.78 is 17.2. The largest absolute Gasteiger partial charge is 0.457 e. The van der Waals surface area contributed by atoms with Crippen LogP contribution in [0.2, 0.25) is 5.02 Å². The molecule has 6 nitrogen and oxygen atoms in total. The topological polar surface area (TPSA) is 94.6 Å². The number of nitrogens with two attached hydrogens (primary N) is 1. The Morgan fingerprint density at radius 1 is 0.921 bits per heavy atom. The van der Waals surface area contributed by atoms with Crippen LogP contribution in [-0.2, 0) is 4.79 Å². The average Bonchev–Trinajstić information content (AvgIpc) is 2.92. The van der Waals surface area contributed by atoms with Crippen LogP contribution in [0.5, 0.6) is 23.0 Å². The van der Waals surface area contributed by atoms with Crippen LogP contribution in [0.25, 0.3) is 6.08 Å². The number of halogens is 1. The second-order valence-electron chi connectivity index (χ2n) is 8.42. The Bertz CT molecular complexity index is 1590. The molecule has 0 saturated carbocycles. The van der Waals surface area contributed by atoms with E-state index in [0.717, 1.165) is 11.1 Å². The van der Waals surface area contributed by atoms with E-state index in [9.17, 15) is 10.1 Å². The molecule has 7 heteroatoms. The van der Waals surface area contributed by atoms with Gasteiger partial charge in [-0.1, -0.05) is 60.1 Å². The Morgan fingerprint density at radius 2 is 1.68 bits per heavy atom. The fourth-order valence-electron chi connectivity index (χ4n) is 4.11. The molecule has 1 atom stereocenters. The molecule has 1 heterocycles. The number of nitrogens with zero attached hydrogens (tertiary/aromatic N) is 1. The summed E-state index contributed by atoms with van der Waals surface area (Å²) >= 11 is 5.89. The first-order valence-corrected chi connectivity index (χ1v) is 12.1. The number of allylic oxidation sites excluding steroid dienone is 1. The summed E-state index contributed by atoms with van der Waals surface area (Å²) in [4.78, 5) is 12.4. The summed E-state index contributed by atoms with van der Waals surface area (Å²) in [6.07, 6.45) is 2.96. The molecule has 0 fully saturated rings. The SMILES string of the molecule is N#CC1=C(N)Oc2cc(OC(=O)/C=C/c3ccc(Cl)cc3)ccc2C1c1cccc(Oc2ccccc2)c1. The molecule has 0 bridgehead atoms. The molecule has 1 unspecified atom stereocenters. The maximum absolute atomic E-state index is 12.4. The van der Waals surface area contributed by atoms with Crippen molar-refractivity contribution in [1.82, 2.24) is 0 Å². The number of carbonyl (C=O) groups excluding carboxylic acids is 1. The second-order valence-corrected chi connectivity index (χ2v) is 8.85. The fourth-order valence-corrected chi connectivity index (χ4v) is 4.24. The van der Waals surface area contributed by atoms with Crippen LogP contribution in [0.15, 0.2) is 115 Å². The Morgan fingerprint density at radius 3 is 2.45 bits per heavy atom. The van der Waals surface area contributed by atoms with Gasteiger partial charge in [-0.15, -0.1) is 0 Å². The third-order valence-corrected chi connectivity index (χ3v) is 6.11. The van der Waals surface area contributed by atoms with Crippen LogP contribution >= 0.6 is 11.6 Å². The minimum absolute atomic E-state index is 0.00880. The van der Waals surface area contributed by atoms with Crippen LogP contribution in [0.3, 0.4) is 0 Å². The quantitative estimate of drug-likeness (QED) is 0.167. The van der Waals surface area contributed by atoms with Gasteiger partial charge in [0.1, 0.15) is 34.6 Å². The van der Waals surface area contributed by atoms with Gasteiger partial charge in [0.25, 0.3) is 0 Å². The number of nitriles is 1. The lowest BCUT2D eigenvalue weighted by atomic mass is 9.83. The lowest BCUT2D eigenvalue weighted by Gasteiger charge is -2.27. The van der Waals surface area contributed by atoms with Crippen LogP contribution in [0.1, 0.15) is 22.6 Å². The van der Waals surface area contributed by atoms with Gasteiger partial charge in [-0.05, 0) is 59.7 Å². The van der Waals surface area contributed by atoms with Gasteiger partial charge in [0, 0.05) is 22.7 Å². The first kappa shape index (κ1) is 24.7. The zero-order valence-corrected chi connectivity index (χ0v) is 20.8. The third-order valence-electron chi connectivity index (χ3n) is 5.86. The van der Waals surface area contributed by atoms with E-state index in [4.69, 9.17) is 31.5 Å². The van der Waals surface area contributed by atoms with E-state index in [0.29, 0.717) is 27.8 Å². The Kier molecular flexibility index (Phi) is 7.12. The number of rotatable bonds is 6. The van der Waals surface area contributed by atoms with Crippen LogP contribution < -0.4 is 19.9 Å². The van der Waals surface area contributed by atoms with E-state index in [1.807, 2.05) is 54.6 Å². The van der Waals surface area contributed by atoms with E-state index in [-0.39, 0.29) is 17.2 Å². The molecule has 0 radical (unpaired) electrons. The number of hydrogen-bond acceptors (Lipinski definition) is 6. The van der Waals surface area contributed by atoms with Crippen LogP contribution in [0, 0.1) is 11.3 Å². The first-order valence-electron chi connectivity index (χ1n) is 11.7. The lowest BCUT2D eigenvalue weighted by Crippen LogP contribution is -2.21. The normalized spacial score (nSPS) is 14.4. The second kappa shape index (κ2) is 11.0. The van der Waals surface area contributed by atoms with Crippen molar-refractivity contribution in [2.75, 3.05) is 0 Å². The molecule has 5 rings (SSSR count). The molecule has 0 aliphatic carbocycles. The van der Waals surface area contributed by atoms with Gasteiger partial charge in [0.2, 0.25) is 5.88 Å². The van der Waals surface area contributed by atoms with Crippen LogP contribution in [-0.4, -0.2) is 5.97 Å². The van der Waals surface area contributed by atoms with Gasteiger partial charge in [0.15, 0.2) is 0 Å². The summed E-state index contributed by atoms with van der Waals surface area (Å²) in [6, 6.07) is 31.1. The minimum atomic E-state index is -0.556. The number of carbonyl (C=O) groups is 1. The molecule has 0 spiro atoms. The van der Waals surface area contributed by atoms with Gasteiger partial charge in [0.05, 0.1) is 5.92 Å². The highest BCUT2D eigenvalue weighted by Gasteiger charge is 2.31. The van der Waals surface area contributed by atoms with Crippen molar-refractivity contribution in [3.63, 3.8) is 0 Å². The van der Waals surface area contributed by atoms with Crippen molar-refractivity contribution in [2.24, 2.45) is 5.73 Å². The summed E-state index contributed by atoms with van der Waals surface area (Å²) in [5.41, 5.74) is 8.75. The van der Waals surface area contributed by atoms with E-state index in [1.54, 1.807) is 48.5 Å². The maximum Gasteiger partial charge on any atom is 0.336 e. The summed E-state index contributed by atoms with van der Waals surface area (Å²) in [5, 5.41) is 10.5. The first-order chi connectivity index (χ1) is 18.5. The number of benzene rings is 4.